The molecule has 0 unspecified atom stereocenters. The van der Waals surface area contributed by atoms with Crippen molar-refractivity contribution in [2.24, 2.45) is 11.8 Å². The van der Waals surface area contributed by atoms with Crippen LogP contribution in [0.15, 0.2) is 30.3 Å². The largest absolute Gasteiger partial charge is 0.480 e. The van der Waals surface area contributed by atoms with Gasteiger partial charge >= 0.3 is 5.97 Å². The number of carbonyl (C=O) groups is 2. The summed E-state index contributed by atoms with van der Waals surface area (Å²) in [7, 11) is 0. The molecule has 2 aliphatic rings. The number of hydrogen-bond acceptors (Lipinski definition) is 3. The van der Waals surface area contributed by atoms with Gasteiger partial charge in [-0.25, -0.2) is 0 Å². The van der Waals surface area contributed by atoms with Crippen LogP contribution in [-0.4, -0.2) is 40.9 Å². The summed E-state index contributed by atoms with van der Waals surface area (Å²) in [5, 5.41) is 9.28. The third-order valence-electron chi connectivity index (χ3n) is 4.23. The number of likely N-dealkylation sites (tertiary alicyclic amines) is 1. The molecule has 0 bridgehead atoms. The summed E-state index contributed by atoms with van der Waals surface area (Å²) in [5.41, 5.74) is 0.657. The van der Waals surface area contributed by atoms with Gasteiger partial charge in [-0.15, -0.1) is 0 Å². The lowest BCUT2D eigenvalue weighted by atomic mass is 10.0. The van der Waals surface area contributed by atoms with Crippen LogP contribution in [0.25, 0.3) is 0 Å². The molecule has 0 spiro atoms. The zero-order valence-electron chi connectivity index (χ0n) is 10.7. The molecule has 0 amide bonds. The van der Waals surface area contributed by atoms with Crippen LogP contribution < -0.4 is 0 Å². The number of hydrogen-bond donors (Lipinski definition) is 1. The SMILES string of the molecule is O=C(CN1C[C@@H]2C[C@@H]2C[C@H]1C(=O)O)c1ccccc1. The third kappa shape index (κ3) is 2.54. The smallest absolute Gasteiger partial charge is 0.320 e. The van der Waals surface area contributed by atoms with E-state index in [1.807, 2.05) is 23.1 Å². The molecule has 1 saturated carbocycles. The minimum atomic E-state index is -0.800. The van der Waals surface area contributed by atoms with E-state index in [1.54, 1.807) is 12.1 Å². The first-order valence-electron chi connectivity index (χ1n) is 6.70. The molecule has 1 heterocycles. The van der Waals surface area contributed by atoms with Gasteiger partial charge in [0.05, 0.1) is 6.54 Å². The molecule has 0 aromatic heterocycles. The molecule has 1 aromatic rings. The summed E-state index contributed by atoms with van der Waals surface area (Å²) in [6.07, 6.45) is 1.82. The molecule has 4 heteroatoms. The van der Waals surface area contributed by atoms with Gasteiger partial charge in [0.25, 0.3) is 0 Å². The Hall–Kier alpha value is -1.68. The number of carbonyl (C=O) groups excluding carboxylic acids is 1. The van der Waals surface area contributed by atoms with Crippen molar-refractivity contribution in [1.29, 1.82) is 0 Å². The molecule has 1 saturated heterocycles. The van der Waals surface area contributed by atoms with E-state index in [2.05, 4.69) is 0 Å². The van der Waals surface area contributed by atoms with Crippen LogP contribution in [0.2, 0.25) is 0 Å². The minimum absolute atomic E-state index is 0.00551. The number of carboxylic acid groups (broad SMARTS) is 1. The molecule has 1 aliphatic heterocycles. The zero-order valence-corrected chi connectivity index (χ0v) is 10.7. The fraction of sp³-hybridized carbons (Fsp3) is 0.467. The average molecular weight is 259 g/mol. The molecular weight excluding hydrogens is 242 g/mol. The van der Waals surface area contributed by atoms with Gasteiger partial charge in [0.2, 0.25) is 0 Å². The first kappa shape index (κ1) is 12.4. The maximum absolute atomic E-state index is 12.2. The number of nitrogens with zero attached hydrogens (tertiary/aromatic N) is 1. The van der Waals surface area contributed by atoms with Gasteiger partial charge in [-0.1, -0.05) is 30.3 Å². The Morgan fingerprint density at radius 1 is 1.16 bits per heavy atom. The van der Waals surface area contributed by atoms with Crippen molar-refractivity contribution >= 4 is 11.8 Å². The molecule has 2 fully saturated rings. The molecule has 1 aliphatic carbocycles. The number of fused-ring (bicyclic) bond motifs is 1. The fourth-order valence-corrected chi connectivity index (χ4v) is 3.02. The lowest BCUT2D eigenvalue weighted by Gasteiger charge is -2.31. The van der Waals surface area contributed by atoms with Crippen LogP contribution in [0, 0.1) is 11.8 Å². The summed E-state index contributed by atoms with van der Waals surface area (Å²) in [6.45, 7) is 0.963. The van der Waals surface area contributed by atoms with Gasteiger partial charge < -0.3 is 5.11 Å². The quantitative estimate of drug-likeness (QED) is 0.836. The van der Waals surface area contributed by atoms with Crippen molar-refractivity contribution in [2.75, 3.05) is 13.1 Å². The van der Waals surface area contributed by atoms with Crippen molar-refractivity contribution in [2.45, 2.75) is 18.9 Å². The Bertz CT molecular complexity index is 499. The molecule has 3 rings (SSSR count). The second-order valence-corrected chi connectivity index (χ2v) is 5.56. The van der Waals surface area contributed by atoms with Crippen LogP contribution in [0.3, 0.4) is 0 Å². The first-order valence-corrected chi connectivity index (χ1v) is 6.70. The van der Waals surface area contributed by atoms with Crippen molar-refractivity contribution < 1.29 is 14.7 Å². The van der Waals surface area contributed by atoms with Crippen LogP contribution in [-0.2, 0) is 4.79 Å². The van der Waals surface area contributed by atoms with E-state index in [1.165, 1.54) is 0 Å². The number of ketones is 1. The summed E-state index contributed by atoms with van der Waals surface area (Å²) < 4.78 is 0. The van der Waals surface area contributed by atoms with Crippen molar-refractivity contribution in [1.82, 2.24) is 4.90 Å². The highest BCUT2D eigenvalue weighted by Crippen LogP contribution is 2.47. The predicted octanol–water partition coefficient (Wildman–Crippen LogP) is 1.66. The summed E-state index contributed by atoms with van der Waals surface area (Å²) in [4.78, 5) is 25.3. The van der Waals surface area contributed by atoms with E-state index in [9.17, 15) is 14.7 Å². The standard InChI is InChI=1S/C15H17NO3/c17-14(10-4-2-1-3-5-10)9-16-8-12-6-11(12)7-13(16)15(18)19/h1-5,11-13H,6-9H2,(H,18,19)/t11-,12+,13+/m1/s1. The molecule has 1 N–H and O–H groups in total. The number of carboxylic acids is 1. The Balaban J connectivity index is 1.70. The number of Topliss-reactive ketones (excluding diaryl/α,β-unsaturated/α-hetero) is 1. The Labute approximate surface area is 112 Å². The maximum atomic E-state index is 12.2. The molecule has 1 aromatic carbocycles. The lowest BCUT2D eigenvalue weighted by molar-refractivity contribution is -0.144. The molecule has 3 atom stereocenters. The number of benzene rings is 1. The van der Waals surface area contributed by atoms with Gasteiger partial charge in [-0.05, 0) is 24.7 Å². The summed E-state index contributed by atoms with van der Waals surface area (Å²) in [6, 6.07) is 8.59. The van der Waals surface area contributed by atoms with Crippen molar-refractivity contribution in [3.05, 3.63) is 35.9 Å². The summed E-state index contributed by atoms with van der Waals surface area (Å²) in [5.74, 6) is 0.389. The van der Waals surface area contributed by atoms with Gasteiger partial charge in [-0.3, -0.25) is 14.5 Å². The topological polar surface area (TPSA) is 57.6 Å². The third-order valence-corrected chi connectivity index (χ3v) is 4.23. The highest BCUT2D eigenvalue weighted by Gasteiger charge is 2.48. The molecule has 100 valence electrons. The monoisotopic (exact) mass is 259 g/mol. The highest BCUT2D eigenvalue weighted by molar-refractivity contribution is 5.97. The highest BCUT2D eigenvalue weighted by atomic mass is 16.4. The number of piperidine rings is 1. The normalized spacial score (nSPS) is 29.6. The van der Waals surface area contributed by atoms with E-state index >= 15 is 0 Å². The van der Waals surface area contributed by atoms with Gasteiger partial charge in [0, 0.05) is 12.1 Å². The Morgan fingerprint density at radius 3 is 2.58 bits per heavy atom. The van der Waals surface area contributed by atoms with Gasteiger partial charge in [0.15, 0.2) is 5.78 Å². The van der Waals surface area contributed by atoms with Crippen LogP contribution in [0.4, 0.5) is 0 Å². The van der Waals surface area contributed by atoms with Crippen LogP contribution in [0.5, 0.6) is 0 Å². The fourth-order valence-electron chi connectivity index (χ4n) is 3.02. The van der Waals surface area contributed by atoms with Crippen molar-refractivity contribution in [3.8, 4) is 0 Å². The van der Waals surface area contributed by atoms with Gasteiger partial charge in [0.1, 0.15) is 6.04 Å². The zero-order chi connectivity index (χ0) is 13.4. The molecular formula is C15H17NO3. The molecule has 19 heavy (non-hydrogen) atoms. The Morgan fingerprint density at radius 2 is 1.89 bits per heavy atom. The minimum Gasteiger partial charge on any atom is -0.480 e. The van der Waals surface area contributed by atoms with E-state index < -0.39 is 12.0 Å². The average Bonchev–Trinajstić information content (AvgIpc) is 3.16. The van der Waals surface area contributed by atoms with E-state index in [0.29, 0.717) is 23.8 Å². The first-order chi connectivity index (χ1) is 9.15. The van der Waals surface area contributed by atoms with E-state index in [0.717, 1.165) is 13.0 Å². The van der Waals surface area contributed by atoms with Gasteiger partial charge in [-0.2, -0.15) is 0 Å². The maximum Gasteiger partial charge on any atom is 0.320 e. The molecule has 4 nitrogen and oxygen atoms in total. The van der Waals surface area contributed by atoms with Crippen LogP contribution >= 0.6 is 0 Å². The van der Waals surface area contributed by atoms with E-state index in [4.69, 9.17) is 0 Å². The second-order valence-electron chi connectivity index (χ2n) is 5.56. The lowest BCUT2D eigenvalue weighted by Crippen LogP contribution is -2.47. The Kier molecular flexibility index (Phi) is 3.11. The molecule has 0 radical (unpaired) electrons. The van der Waals surface area contributed by atoms with E-state index in [-0.39, 0.29) is 12.3 Å². The second kappa shape index (κ2) is 4.78. The summed E-state index contributed by atoms with van der Waals surface area (Å²) >= 11 is 0. The van der Waals surface area contributed by atoms with Crippen LogP contribution in [0.1, 0.15) is 23.2 Å². The number of rotatable bonds is 4. The predicted molar refractivity (Wildman–Crippen MR) is 70.0 cm³/mol. The van der Waals surface area contributed by atoms with Crippen molar-refractivity contribution in [3.63, 3.8) is 0 Å². The number of aliphatic carboxylic acids is 1.